The molecule has 6 nitrogen and oxygen atoms in total. The summed E-state index contributed by atoms with van der Waals surface area (Å²) in [4.78, 5) is 25.2. The lowest BCUT2D eigenvalue weighted by Gasteiger charge is -2.57. The second-order valence-electron chi connectivity index (χ2n) is 13.6. The minimum atomic E-state index is -1.25. The number of hydrogen-bond donors (Lipinski definition) is 2. The third kappa shape index (κ3) is 4.75. The number of aliphatic hydroxyl groups excluding tert-OH is 2. The Balaban J connectivity index is 1.24. The third-order valence-corrected chi connectivity index (χ3v) is 10.1. The van der Waals surface area contributed by atoms with Crippen LogP contribution in [0.3, 0.4) is 0 Å². The Morgan fingerprint density at radius 2 is 1.37 bits per heavy atom. The number of cyclic esters (lactones) is 2. The Kier molecular flexibility index (Phi) is 6.29. The number of benzene rings is 3. The highest BCUT2D eigenvalue weighted by Crippen LogP contribution is 2.61. The predicted octanol–water partition coefficient (Wildman–Crippen LogP) is 5.79. The fraction of sp³-hybridized carbons (Fsp3) is 0.486. The summed E-state index contributed by atoms with van der Waals surface area (Å²) in [6.45, 7) is 2.87. The Morgan fingerprint density at radius 3 is 2.00 bits per heavy atom. The van der Waals surface area contributed by atoms with Gasteiger partial charge in [0.2, 0.25) is 0 Å². The van der Waals surface area contributed by atoms with Crippen molar-refractivity contribution in [1.82, 2.24) is 0 Å². The monoisotopic (exact) mass is 554 g/mol. The molecule has 0 amide bonds. The van der Waals surface area contributed by atoms with E-state index < -0.39 is 29.7 Å². The molecule has 6 heteroatoms. The number of rotatable bonds is 6. The second kappa shape index (κ2) is 9.67. The minimum absolute atomic E-state index is 0.165. The first-order valence-electron chi connectivity index (χ1n) is 15.0. The summed E-state index contributed by atoms with van der Waals surface area (Å²) in [5, 5.41) is 21.9. The van der Waals surface area contributed by atoms with Crippen LogP contribution in [0.5, 0.6) is 0 Å². The first kappa shape index (κ1) is 26.7. The van der Waals surface area contributed by atoms with Crippen LogP contribution >= 0.6 is 0 Å². The van der Waals surface area contributed by atoms with Crippen molar-refractivity contribution in [2.75, 3.05) is 6.61 Å². The molecule has 3 aromatic rings. The van der Waals surface area contributed by atoms with E-state index in [-0.39, 0.29) is 12.0 Å². The van der Waals surface area contributed by atoms with Gasteiger partial charge in [0.05, 0.1) is 12.7 Å². The van der Waals surface area contributed by atoms with Crippen molar-refractivity contribution in [2.45, 2.75) is 82.0 Å². The van der Waals surface area contributed by atoms with Crippen LogP contribution < -0.4 is 0 Å². The van der Waals surface area contributed by atoms with Crippen molar-refractivity contribution < 1.29 is 29.3 Å². The largest absolute Gasteiger partial charge is 0.422 e. The van der Waals surface area contributed by atoms with E-state index in [0.717, 1.165) is 45.2 Å². The fourth-order valence-electron chi connectivity index (χ4n) is 8.80. The van der Waals surface area contributed by atoms with E-state index in [1.165, 1.54) is 44.1 Å². The van der Waals surface area contributed by atoms with Gasteiger partial charge in [-0.3, -0.25) is 9.59 Å². The highest BCUT2D eigenvalue weighted by Gasteiger charge is 2.52. The van der Waals surface area contributed by atoms with Crippen molar-refractivity contribution in [2.24, 2.45) is 17.8 Å². The maximum atomic E-state index is 12.6. The molecule has 3 aromatic carbocycles. The lowest BCUT2D eigenvalue weighted by Crippen LogP contribution is -2.49. The first-order valence-corrected chi connectivity index (χ1v) is 15.0. The molecular weight excluding hydrogens is 516 g/mol. The molecule has 214 valence electrons. The van der Waals surface area contributed by atoms with Gasteiger partial charge < -0.3 is 19.7 Å². The lowest BCUT2D eigenvalue weighted by atomic mass is 9.47. The molecule has 2 N–H and O–H groups in total. The van der Waals surface area contributed by atoms with E-state index >= 15 is 0 Å². The maximum absolute atomic E-state index is 12.6. The molecule has 1 unspecified atom stereocenters. The van der Waals surface area contributed by atoms with Crippen molar-refractivity contribution in [3.63, 3.8) is 0 Å². The molecule has 41 heavy (non-hydrogen) atoms. The highest BCUT2D eigenvalue weighted by atomic mass is 16.7. The van der Waals surface area contributed by atoms with Crippen LogP contribution in [0.2, 0.25) is 0 Å². The van der Waals surface area contributed by atoms with Crippen LogP contribution in [0.15, 0.2) is 54.6 Å². The third-order valence-electron chi connectivity index (χ3n) is 10.1. The van der Waals surface area contributed by atoms with Gasteiger partial charge in [-0.2, -0.15) is 0 Å². The van der Waals surface area contributed by atoms with E-state index in [1.807, 2.05) is 18.2 Å². The number of carbonyl (C=O) groups excluding carboxylic acids is 2. The summed E-state index contributed by atoms with van der Waals surface area (Å²) in [7, 11) is 0. The molecule has 0 spiro atoms. The van der Waals surface area contributed by atoms with Gasteiger partial charge in [0.15, 0.2) is 5.92 Å². The van der Waals surface area contributed by atoms with Gasteiger partial charge in [0.25, 0.3) is 5.79 Å². The predicted molar refractivity (Wildman–Crippen MR) is 155 cm³/mol. The molecule has 1 aliphatic heterocycles. The molecule has 4 bridgehead atoms. The van der Waals surface area contributed by atoms with E-state index in [0.29, 0.717) is 12.0 Å². The molecule has 1 atom stereocenters. The SMILES string of the molecule is CC1(C)OC(=O)C(c2ccc3cc(-c4ccc(CC(O)CO)c(C56CC7CC(CC(C7)C5)C6)c4)ccc3c2)C(=O)O1. The fourth-order valence-corrected chi connectivity index (χ4v) is 8.80. The van der Waals surface area contributed by atoms with Crippen molar-refractivity contribution >= 4 is 22.7 Å². The first-order chi connectivity index (χ1) is 19.6. The average Bonchev–Trinajstić information content (AvgIpc) is 2.91. The van der Waals surface area contributed by atoms with Crippen molar-refractivity contribution in [3.8, 4) is 11.1 Å². The zero-order chi connectivity index (χ0) is 28.5. The molecule has 4 saturated carbocycles. The topological polar surface area (TPSA) is 93.1 Å². The molecule has 0 radical (unpaired) electrons. The number of aliphatic hydroxyl groups is 2. The van der Waals surface area contributed by atoms with Crippen LogP contribution in [-0.4, -0.2) is 40.6 Å². The van der Waals surface area contributed by atoms with Gasteiger partial charge >= 0.3 is 11.9 Å². The van der Waals surface area contributed by atoms with Crippen molar-refractivity contribution in [1.29, 1.82) is 0 Å². The van der Waals surface area contributed by atoms with Gasteiger partial charge in [-0.25, -0.2) is 0 Å². The van der Waals surface area contributed by atoms with E-state index in [2.05, 4.69) is 30.3 Å². The van der Waals surface area contributed by atoms with Crippen LogP contribution in [0.25, 0.3) is 21.9 Å². The minimum Gasteiger partial charge on any atom is -0.422 e. The Morgan fingerprint density at radius 1 is 0.805 bits per heavy atom. The second-order valence-corrected chi connectivity index (χ2v) is 13.6. The van der Waals surface area contributed by atoms with Gasteiger partial charge in [0.1, 0.15) is 0 Å². The van der Waals surface area contributed by atoms with E-state index in [9.17, 15) is 19.8 Å². The number of ether oxygens (including phenoxy) is 2. The molecule has 0 aromatic heterocycles. The molecule has 8 rings (SSSR count). The Hall–Kier alpha value is -3.22. The van der Waals surface area contributed by atoms with Crippen LogP contribution in [0.4, 0.5) is 0 Å². The van der Waals surface area contributed by atoms with Crippen LogP contribution in [0, 0.1) is 17.8 Å². The van der Waals surface area contributed by atoms with Gasteiger partial charge in [0, 0.05) is 20.3 Å². The lowest BCUT2D eigenvalue weighted by molar-refractivity contribution is -0.234. The summed E-state index contributed by atoms with van der Waals surface area (Å²) < 4.78 is 10.7. The summed E-state index contributed by atoms with van der Waals surface area (Å²) >= 11 is 0. The summed E-state index contributed by atoms with van der Waals surface area (Å²) in [5.74, 6) is -1.11. The van der Waals surface area contributed by atoms with Gasteiger partial charge in [-0.05, 0) is 112 Å². The molecule has 1 saturated heterocycles. The zero-order valence-corrected chi connectivity index (χ0v) is 23.8. The van der Waals surface area contributed by atoms with Gasteiger partial charge in [-0.1, -0.05) is 42.5 Å². The summed E-state index contributed by atoms with van der Waals surface area (Å²) in [6, 6.07) is 18.5. The normalized spacial score (nSPS) is 29.4. The van der Waals surface area contributed by atoms with Crippen LogP contribution in [-0.2, 0) is 30.9 Å². The molecular formula is C35H38O6. The standard InChI is InChI=1S/C35H38O6/c1-34(2)40-32(38)31(33(39)41-34)28-8-6-23-12-24(3-4-25(23)13-28)26-5-7-27(14-29(37)19-36)30(15-26)35-16-20-9-21(17-35)11-22(10-20)18-35/h3-8,12-13,15,20-22,29,31,36-37H,9-11,14,16-19H2,1-2H3. The maximum Gasteiger partial charge on any atom is 0.328 e. The average molecular weight is 555 g/mol. The number of carbonyl (C=O) groups is 2. The quantitative estimate of drug-likeness (QED) is 0.296. The molecule has 5 fully saturated rings. The summed E-state index contributed by atoms with van der Waals surface area (Å²) in [5.41, 5.74) is 5.51. The molecule has 5 aliphatic rings. The number of fused-ring (bicyclic) bond motifs is 1. The van der Waals surface area contributed by atoms with Crippen molar-refractivity contribution in [3.05, 3.63) is 71.3 Å². The molecule has 4 aliphatic carbocycles. The van der Waals surface area contributed by atoms with E-state index in [4.69, 9.17) is 9.47 Å². The number of esters is 2. The smallest absolute Gasteiger partial charge is 0.328 e. The summed E-state index contributed by atoms with van der Waals surface area (Å²) in [6.07, 6.45) is 7.51. The molecule has 1 heterocycles. The number of hydrogen-bond acceptors (Lipinski definition) is 6. The van der Waals surface area contributed by atoms with Gasteiger partial charge in [-0.15, -0.1) is 0 Å². The Bertz CT molecular complexity index is 1480. The van der Waals surface area contributed by atoms with Crippen LogP contribution in [0.1, 0.15) is 75.0 Å². The Labute approximate surface area is 240 Å². The zero-order valence-electron chi connectivity index (χ0n) is 23.8. The highest BCUT2D eigenvalue weighted by molar-refractivity contribution is 6.03. The van der Waals surface area contributed by atoms with E-state index in [1.54, 1.807) is 19.9 Å².